The number of nitrogens with zero attached hydrogens (tertiary/aromatic N) is 3. The maximum Gasteiger partial charge on any atom is 0.293 e. The normalized spacial score (nSPS) is 19.6. The smallest absolute Gasteiger partial charge is 0.293 e. The minimum Gasteiger partial charge on any atom is -0.348 e. The van der Waals surface area contributed by atoms with E-state index in [1.807, 2.05) is 20.8 Å². The largest absolute Gasteiger partial charge is 0.348 e. The quantitative estimate of drug-likeness (QED) is 0.908. The summed E-state index contributed by atoms with van der Waals surface area (Å²) in [5, 5.41) is 3.38. The van der Waals surface area contributed by atoms with Gasteiger partial charge in [0.2, 0.25) is 0 Å². The molecule has 1 saturated heterocycles. The summed E-state index contributed by atoms with van der Waals surface area (Å²) in [6, 6.07) is 0.381. The Kier molecular flexibility index (Phi) is 4.48. The number of nitrogens with one attached hydrogen (secondary N) is 1. The van der Waals surface area contributed by atoms with Crippen LogP contribution in [0.1, 0.15) is 40.5 Å². The summed E-state index contributed by atoms with van der Waals surface area (Å²) >= 11 is 0. The van der Waals surface area contributed by atoms with Gasteiger partial charge in [-0.1, -0.05) is 6.92 Å². The Morgan fingerprint density at radius 1 is 1.45 bits per heavy atom. The van der Waals surface area contributed by atoms with Gasteiger partial charge >= 0.3 is 0 Å². The van der Waals surface area contributed by atoms with Crippen molar-refractivity contribution in [3.05, 3.63) is 22.7 Å². The lowest BCUT2D eigenvalue weighted by Gasteiger charge is -2.28. The molecule has 2 rings (SSSR count). The highest BCUT2D eigenvalue weighted by Crippen LogP contribution is 2.21. The van der Waals surface area contributed by atoms with Gasteiger partial charge in [-0.15, -0.1) is 0 Å². The van der Waals surface area contributed by atoms with Gasteiger partial charge in [0.1, 0.15) is 0 Å². The van der Waals surface area contributed by atoms with Gasteiger partial charge in [0.05, 0.1) is 0 Å². The van der Waals surface area contributed by atoms with Gasteiger partial charge in [0.25, 0.3) is 5.56 Å². The average Bonchev–Trinajstić information content (AvgIpc) is 2.83. The zero-order valence-electron chi connectivity index (χ0n) is 13.0. The van der Waals surface area contributed by atoms with Gasteiger partial charge in [-0.25, -0.2) is 4.98 Å². The maximum absolute atomic E-state index is 12.7. The van der Waals surface area contributed by atoms with Crippen molar-refractivity contribution in [3.63, 3.8) is 0 Å². The van der Waals surface area contributed by atoms with E-state index in [4.69, 9.17) is 0 Å². The summed E-state index contributed by atoms with van der Waals surface area (Å²) < 4.78 is 1.78. The first-order valence-corrected chi connectivity index (χ1v) is 7.50. The molecule has 0 saturated carbocycles. The summed E-state index contributed by atoms with van der Waals surface area (Å²) in [7, 11) is 0. The van der Waals surface area contributed by atoms with Crippen molar-refractivity contribution in [2.45, 2.75) is 52.1 Å². The topological polar surface area (TPSA) is 50.2 Å². The van der Waals surface area contributed by atoms with Gasteiger partial charge in [-0.2, -0.15) is 0 Å². The predicted octanol–water partition coefficient (Wildman–Crippen LogP) is 1.58. The summed E-state index contributed by atoms with van der Waals surface area (Å²) in [5.41, 5.74) is -0.200. The van der Waals surface area contributed by atoms with Crippen molar-refractivity contribution in [2.24, 2.45) is 0 Å². The van der Waals surface area contributed by atoms with E-state index in [1.165, 1.54) is 0 Å². The van der Waals surface area contributed by atoms with Crippen LogP contribution in [0.25, 0.3) is 0 Å². The molecule has 1 atom stereocenters. The highest BCUT2D eigenvalue weighted by atomic mass is 16.1. The Morgan fingerprint density at radius 3 is 2.85 bits per heavy atom. The number of anilines is 1. The number of aromatic nitrogens is 2. The van der Waals surface area contributed by atoms with Crippen LogP contribution in [0.3, 0.4) is 0 Å². The molecule has 1 unspecified atom stereocenters. The molecule has 1 aliphatic heterocycles. The summed E-state index contributed by atoms with van der Waals surface area (Å²) in [6.07, 6.45) is 5.77. The second kappa shape index (κ2) is 5.95. The van der Waals surface area contributed by atoms with Crippen molar-refractivity contribution in [1.29, 1.82) is 0 Å². The van der Waals surface area contributed by atoms with E-state index in [0.717, 1.165) is 32.5 Å². The van der Waals surface area contributed by atoms with E-state index in [0.29, 0.717) is 11.9 Å². The lowest BCUT2D eigenvalue weighted by atomic mass is 10.1. The van der Waals surface area contributed by atoms with Crippen LogP contribution in [0, 0.1) is 0 Å². The molecule has 2 heterocycles. The third-order valence-corrected chi connectivity index (χ3v) is 3.82. The van der Waals surface area contributed by atoms with Crippen LogP contribution in [-0.2, 0) is 5.54 Å². The molecule has 1 fully saturated rings. The summed E-state index contributed by atoms with van der Waals surface area (Å²) in [5.74, 6) is 0.600. The van der Waals surface area contributed by atoms with Gasteiger partial charge in [0, 0.05) is 37.1 Å². The second-order valence-corrected chi connectivity index (χ2v) is 6.39. The Labute approximate surface area is 121 Å². The van der Waals surface area contributed by atoms with E-state index in [-0.39, 0.29) is 11.1 Å². The molecule has 0 radical (unpaired) electrons. The Hall–Kier alpha value is -1.36. The highest BCUT2D eigenvalue weighted by Gasteiger charge is 2.28. The minimum atomic E-state index is -0.217. The minimum absolute atomic E-state index is 0.0170. The molecule has 0 spiro atoms. The lowest BCUT2D eigenvalue weighted by Crippen LogP contribution is -2.43. The Bertz CT molecular complexity index is 503. The van der Waals surface area contributed by atoms with Crippen LogP contribution in [0.4, 0.5) is 5.82 Å². The van der Waals surface area contributed by atoms with Crippen molar-refractivity contribution in [1.82, 2.24) is 14.9 Å². The van der Waals surface area contributed by atoms with Crippen molar-refractivity contribution >= 4 is 5.82 Å². The molecule has 20 heavy (non-hydrogen) atoms. The van der Waals surface area contributed by atoms with E-state index in [1.54, 1.807) is 17.0 Å². The maximum atomic E-state index is 12.7. The molecule has 0 amide bonds. The van der Waals surface area contributed by atoms with E-state index < -0.39 is 0 Å². The first kappa shape index (κ1) is 15.0. The molecular formula is C15H26N4O. The Balaban J connectivity index is 2.31. The fourth-order valence-electron chi connectivity index (χ4n) is 2.76. The fraction of sp³-hybridized carbons (Fsp3) is 0.733. The number of hydrogen-bond donors (Lipinski definition) is 1. The molecule has 0 aromatic carbocycles. The molecule has 1 N–H and O–H groups in total. The zero-order valence-corrected chi connectivity index (χ0v) is 13.0. The van der Waals surface area contributed by atoms with E-state index in [2.05, 4.69) is 22.1 Å². The monoisotopic (exact) mass is 278 g/mol. The van der Waals surface area contributed by atoms with Crippen molar-refractivity contribution in [2.75, 3.05) is 24.5 Å². The first-order chi connectivity index (χ1) is 9.45. The van der Waals surface area contributed by atoms with Crippen LogP contribution in [0.15, 0.2) is 17.2 Å². The fourth-order valence-corrected chi connectivity index (χ4v) is 2.76. The summed E-state index contributed by atoms with van der Waals surface area (Å²) in [6.45, 7) is 11.0. The van der Waals surface area contributed by atoms with Gasteiger partial charge in [0.15, 0.2) is 5.82 Å². The van der Waals surface area contributed by atoms with Crippen molar-refractivity contribution in [3.8, 4) is 0 Å². The van der Waals surface area contributed by atoms with Gasteiger partial charge in [-0.3, -0.25) is 4.79 Å². The van der Waals surface area contributed by atoms with E-state index >= 15 is 0 Å². The number of rotatable bonds is 4. The van der Waals surface area contributed by atoms with Crippen LogP contribution >= 0.6 is 0 Å². The second-order valence-electron chi connectivity index (χ2n) is 6.39. The molecule has 1 aromatic heterocycles. The molecule has 1 aromatic rings. The summed E-state index contributed by atoms with van der Waals surface area (Å²) in [4.78, 5) is 19.2. The molecule has 5 heteroatoms. The van der Waals surface area contributed by atoms with Crippen LogP contribution in [0.2, 0.25) is 0 Å². The molecule has 1 aliphatic rings. The molecule has 5 nitrogen and oxygen atoms in total. The molecular weight excluding hydrogens is 252 g/mol. The number of hydrogen-bond acceptors (Lipinski definition) is 4. The SMILES string of the molecule is CCNCC1CCCN1c1nccn(C(C)(C)C)c1=O. The van der Waals surface area contributed by atoms with Crippen LogP contribution in [-0.4, -0.2) is 35.2 Å². The zero-order chi connectivity index (χ0) is 14.8. The Morgan fingerprint density at radius 2 is 2.20 bits per heavy atom. The predicted molar refractivity (Wildman–Crippen MR) is 82.4 cm³/mol. The van der Waals surface area contributed by atoms with Crippen LogP contribution in [0.5, 0.6) is 0 Å². The average molecular weight is 278 g/mol. The first-order valence-electron chi connectivity index (χ1n) is 7.50. The molecule has 0 bridgehead atoms. The third-order valence-electron chi connectivity index (χ3n) is 3.82. The lowest BCUT2D eigenvalue weighted by molar-refractivity contribution is 0.382. The van der Waals surface area contributed by atoms with Crippen LogP contribution < -0.4 is 15.8 Å². The van der Waals surface area contributed by atoms with Gasteiger partial charge < -0.3 is 14.8 Å². The molecule has 112 valence electrons. The number of likely N-dealkylation sites (N-methyl/N-ethyl adjacent to an activating group) is 1. The van der Waals surface area contributed by atoms with Gasteiger partial charge in [-0.05, 0) is 40.2 Å². The van der Waals surface area contributed by atoms with E-state index in [9.17, 15) is 4.79 Å². The third kappa shape index (κ3) is 3.03. The molecule has 0 aliphatic carbocycles. The van der Waals surface area contributed by atoms with Crippen molar-refractivity contribution < 1.29 is 0 Å². The standard InChI is InChI=1S/C15H26N4O/c1-5-16-11-12-7-6-9-18(12)13-14(20)19(10-8-17-13)15(2,3)4/h8,10,12,16H,5-7,9,11H2,1-4H3. The highest BCUT2D eigenvalue weighted by molar-refractivity contribution is 5.39.